The van der Waals surface area contributed by atoms with E-state index in [-0.39, 0.29) is 0 Å². The van der Waals surface area contributed by atoms with E-state index >= 15 is 0 Å². The van der Waals surface area contributed by atoms with Crippen molar-refractivity contribution in [1.29, 1.82) is 0 Å². The minimum absolute atomic E-state index is 0.890. The molecule has 0 aliphatic carbocycles. The summed E-state index contributed by atoms with van der Waals surface area (Å²) in [6.45, 7) is 0. The van der Waals surface area contributed by atoms with Gasteiger partial charge in [-0.2, -0.15) is 0 Å². The number of nitrogens with zero attached hydrogens (tertiary/aromatic N) is 2. The van der Waals surface area contributed by atoms with E-state index in [0.717, 1.165) is 77.3 Å². The van der Waals surface area contributed by atoms with Crippen LogP contribution in [-0.2, 0) is 0 Å². The van der Waals surface area contributed by atoms with Crippen molar-refractivity contribution in [3.8, 4) is 33.6 Å². The minimum Gasteiger partial charge on any atom is -0.456 e. The van der Waals surface area contributed by atoms with Crippen LogP contribution in [0.5, 0.6) is 0 Å². The molecule has 0 aliphatic rings. The molecule has 0 spiro atoms. The summed E-state index contributed by atoms with van der Waals surface area (Å²) in [5.41, 5.74) is 15.2. The van der Waals surface area contributed by atoms with Gasteiger partial charge in [-0.1, -0.05) is 115 Å². The van der Waals surface area contributed by atoms with Gasteiger partial charge in [-0.15, -0.1) is 0 Å². The lowest BCUT2D eigenvalue weighted by Crippen LogP contribution is -1.95. The van der Waals surface area contributed by atoms with Crippen molar-refractivity contribution in [2.24, 2.45) is 0 Å². The largest absolute Gasteiger partial charge is 0.456 e. The average Bonchev–Trinajstić information content (AvgIpc) is 4.03. The van der Waals surface area contributed by atoms with Gasteiger partial charge in [0, 0.05) is 54.5 Å². The maximum absolute atomic E-state index is 6.27. The summed E-state index contributed by atoms with van der Waals surface area (Å²) in [6.07, 6.45) is 0. The van der Waals surface area contributed by atoms with E-state index in [9.17, 15) is 0 Å². The monoisotopic (exact) mass is 740 g/mol. The molecule has 4 heterocycles. The van der Waals surface area contributed by atoms with Crippen molar-refractivity contribution >= 4 is 87.5 Å². The molecule has 0 fully saturated rings. The lowest BCUT2D eigenvalue weighted by molar-refractivity contribution is 0.668. The average molecular weight is 741 g/mol. The van der Waals surface area contributed by atoms with Gasteiger partial charge in [0.15, 0.2) is 0 Å². The van der Waals surface area contributed by atoms with Crippen LogP contribution in [0.4, 0.5) is 0 Å². The first-order valence-electron chi connectivity index (χ1n) is 19.8. The Morgan fingerprint density at radius 3 is 1.47 bits per heavy atom. The summed E-state index contributed by atoms with van der Waals surface area (Å²) < 4.78 is 17.4. The zero-order valence-corrected chi connectivity index (χ0v) is 31.2. The van der Waals surface area contributed by atoms with Crippen LogP contribution in [0, 0.1) is 0 Å². The second kappa shape index (κ2) is 11.8. The molecule has 13 rings (SSSR count). The SMILES string of the molecule is c1ccc(-c2cc3c4ccccc4n(-c4ccc5oc6ccccc6c5c4)c3cc2-c2cccc3c2c2ccccc2n3-c2ccc3oc4ccccc4c3c2)cc1. The Morgan fingerprint density at radius 2 is 0.793 bits per heavy atom. The van der Waals surface area contributed by atoms with E-state index in [2.05, 4.69) is 179 Å². The third-order valence-corrected chi connectivity index (χ3v) is 12.1. The van der Waals surface area contributed by atoms with Gasteiger partial charge in [0.05, 0.1) is 22.1 Å². The molecule has 0 saturated heterocycles. The molecular formula is C54H32N2O2. The standard InChI is InChI=1S/C54H32N2O2/c1-2-13-33(14-3-1)41-31-43-36-15-4-8-20-46(36)56(35-26-28-53-45(30-35)38-17-7-11-24-51(38)58-53)49(43)32-42(41)39-19-12-22-48-54(39)40-18-5-9-21-47(40)55(48)34-25-27-52-44(29-34)37-16-6-10-23-50(37)57-52/h1-32H. The van der Waals surface area contributed by atoms with E-state index in [1.807, 2.05) is 24.3 Å². The number of rotatable bonds is 4. The summed E-state index contributed by atoms with van der Waals surface area (Å²) in [5, 5.41) is 9.33. The van der Waals surface area contributed by atoms with E-state index in [0.29, 0.717) is 0 Å². The predicted octanol–water partition coefficient (Wildman–Crippen LogP) is 15.0. The van der Waals surface area contributed by atoms with Crippen LogP contribution in [0.3, 0.4) is 0 Å². The van der Waals surface area contributed by atoms with E-state index < -0.39 is 0 Å². The van der Waals surface area contributed by atoms with Gasteiger partial charge in [0.2, 0.25) is 0 Å². The Morgan fingerprint density at radius 1 is 0.276 bits per heavy atom. The molecule has 0 unspecified atom stereocenters. The van der Waals surface area contributed by atoms with Crippen LogP contribution in [0.25, 0.3) is 121 Å². The van der Waals surface area contributed by atoms with Crippen LogP contribution >= 0.6 is 0 Å². The van der Waals surface area contributed by atoms with Crippen molar-refractivity contribution in [3.05, 3.63) is 194 Å². The predicted molar refractivity (Wildman–Crippen MR) is 241 cm³/mol. The molecule has 4 nitrogen and oxygen atoms in total. The first-order chi connectivity index (χ1) is 28.8. The van der Waals surface area contributed by atoms with E-state index in [1.54, 1.807) is 0 Å². The number of benzene rings is 9. The fourth-order valence-corrected chi connectivity index (χ4v) is 9.60. The molecule has 58 heavy (non-hydrogen) atoms. The number of furan rings is 2. The Balaban J connectivity index is 1.12. The summed E-state index contributed by atoms with van der Waals surface area (Å²) >= 11 is 0. The van der Waals surface area contributed by atoms with Gasteiger partial charge < -0.3 is 18.0 Å². The van der Waals surface area contributed by atoms with Crippen molar-refractivity contribution in [1.82, 2.24) is 9.13 Å². The third kappa shape index (κ3) is 4.40. The number of fused-ring (bicyclic) bond motifs is 12. The highest BCUT2D eigenvalue weighted by Crippen LogP contribution is 2.46. The molecule has 13 aromatic rings. The molecule has 4 aromatic heterocycles. The van der Waals surface area contributed by atoms with E-state index in [1.165, 1.54) is 43.8 Å². The van der Waals surface area contributed by atoms with E-state index in [4.69, 9.17) is 8.83 Å². The number of para-hydroxylation sites is 4. The summed E-state index contributed by atoms with van der Waals surface area (Å²) in [7, 11) is 0. The molecule has 0 N–H and O–H groups in total. The smallest absolute Gasteiger partial charge is 0.135 e. The number of hydrogen-bond donors (Lipinski definition) is 0. The molecule has 4 heteroatoms. The highest BCUT2D eigenvalue weighted by atomic mass is 16.3. The van der Waals surface area contributed by atoms with Crippen LogP contribution in [0.15, 0.2) is 203 Å². The normalized spacial score (nSPS) is 12.1. The molecule has 270 valence electrons. The maximum atomic E-state index is 6.27. The molecule has 0 radical (unpaired) electrons. The van der Waals surface area contributed by atoms with Gasteiger partial charge in [-0.05, 0) is 101 Å². The van der Waals surface area contributed by atoms with Crippen molar-refractivity contribution in [2.75, 3.05) is 0 Å². The second-order valence-electron chi connectivity index (χ2n) is 15.2. The van der Waals surface area contributed by atoms with Gasteiger partial charge >= 0.3 is 0 Å². The molecule has 9 aromatic carbocycles. The highest BCUT2D eigenvalue weighted by Gasteiger charge is 2.22. The van der Waals surface area contributed by atoms with Gasteiger partial charge in [-0.3, -0.25) is 0 Å². The molecule has 0 bridgehead atoms. The molecule has 0 amide bonds. The lowest BCUT2D eigenvalue weighted by atomic mass is 9.90. The zero-order chi connectivity index (χ0) is 37.9. The Kier molecular flexibility index (Phi) is 6.41. The second-order valence-corrected chi connectivity index (χ2v) is 15.2. The number of aromatic nitrogens is 2. The summed E-state index contributed by atoms with van der Waals surface area (Å²) in [6, 6.07) is 69.8. The van der Waals surface area contributed by atoms with Gasteiger partial charge in [-0.25, -0.2) is 0 Å². The third-order valence-electron chi connectivity index (χ3n) is 12.1. The van der Waals surface area contributed by atoms with Crippen molar-refractivity contribution in [3.63, 3.8) is 0 Å². The van der Waals surface area contributed by atoms with Crippen LogP contribution in [0.2, 0.25) is 0 Å². The summed E-state index contributed by atoms with van der Waals surface area (Å²) in [4.78, 5) is 0. The van der Waals surface area contributed by atoms with Crippen LogP contribution in [-0.4, -0.2) is 9.13 Å². The van der Waals surface area contributed by atoms with Crippen molar-refractivity contribution in [2.45, 2.75) is 0 Å². The Hall–Kier alpha value is -7.82. The molecule has 0 saturated carbocycles. The maximum Gasteiger partial charge on any atom is 0.135 e. The minimum atomic E-state index is 0.890. The number of hydrogen-bond acceptors (Lipinski definition) is 2. The zero-order valence-electron chi connectivity index (χ0n) is 31.2. The molecule has 0 aliphatic heterocycles. The van der Waals surface area contributed by atoms with Crippen LogP contribution < -0.4 is 0 Å². The first-order valence-corrected chi connectivity index (χ1v) is 19.8. The lowest BCUT2D eigenvalue weighted by Gasteiger charge is -2.15. The van der Waals surface area contributed by atoms with Crippen LogP contribution in [0.1, 0.15) is 0 Å². The molecule has 0 atom stereocenters. The molecular weight excluding hydrogens is 709 g/mol. The Bertz CT molecular complexity index is 3800. The van der Waals surface area contributed by atoms with Crippen molar-refractivity contribution < 1.29 is 8.83 Å². The van der Waals surface area contributed by atoms with Gasteiger partial charge in [0.1, 0.15) is 22.3 Å². The van der Waals surface area contributed by atoms with Gasteiger partial charge in [0.25, 0.3) is 0 Å². The fraction of sp³-hybridized carbons (Fsp3) is 0. The quantitative estimate of drug-likeness (QED) is 0.180. The topological polar surface area (TPSA) is 36.1 Å². The Labute approximate surface area is 332 Å². The summed E-state index contributed by atoms with van der Waals surface area (Å²) in [5.74, 6) is 0. The fourth-order valence-electron chi connectivity index (χ4n) is 9.60. The first kappa shape index (κ1) is 31.4. The highest BCUT2D eigenvalue weighted by molar-refractivity contribution is 6.19.